The number of rotatable bonds is 54. The van der Waals surface area contributed by atoms with Gasteiger partial charge in [0.05, 0.1) is 34.4 Å². The molecule has 0 spiro atoms. The van der Waals surface area contributed by atoms with Crippen molar-refractivity contribution in [3.63, 3.8) is 0 Å². The molecule has 0 aromatic heterocycles. The summed E-state index contributed by atoms with van der Waals surface area (Å²) in [6, 6.07) is 0. The summed E-state index contributed by atoms with van der Waals surface area (Å²) in [5, 5.41) is 9.70. The molecular weight excluding hydrogens is 911 g/mol. The molecule has 0 rings (SSSR count). The molecule has 420 valence electrons. The van der Waals surface area contributed by atoms with E-state index in [9.17, 15) is 19.5 Å². The molecular formula is C64H112NO8+. The van der Waals surface area contributed by atoms with Crippen LogP contribution in [0.5, 0.6) is 0 Å². The lowest BCUT2D eigenvalue weighted by atomic mass is 10.0. The summed E-state index contributed by atoms with van der Waals surface area (Å²) in [7, 11) is 5.96. The second kappa shape index (κ2) is 54.7. The van der Waals surface area contributed by atoms with Crippen molar-refractivity contribution in [3.05, 3.63) is 85.1 Å². The zero-order chi connectivity index (χ0) is 53.4. The minimum atomic E-state index is -1.52. The first-order valence-corrected chi connectivity index (χ1v) is 29.8. The van der Waals surface area contributed by atoms with Crippen LogP contribution < -0.4 is 0 Å². The predicted molar refractivity (Wildman–Crippen MR) is 309 cm³/mol. The molecule has 0 aliphatic carbocycles. The van der Waals surface area contributed by atoms with E-state index in [1.165, 1.54) is 116 Å². The molecule has 0 saturated carbocycles. The van der Waals surface area contributed by atoms with E-state index < -0.39 is 24.3 Å². The van der Waals surface area contributed by atoms with Crippen LogP contribution in [-0.4, -0.2) is 87.4 Å². The van der Waals surface area contributed by atoms with Crippen molar-refractivity contribution in [2.45, 2.75) is 257 Å². The van der Waals surface area contributed by atoms with E-state index in [-0.39, 0.29) is 32.2 Å². The number of quaternary nitrogens is 1. The lowest BCUT2D eigenvalue weighted by Gasteiger charge is -2.25. The molecule has 0 saturated heterocycles. The maximum atomic E-state index is 12.9. The van der Waals surface area contributed by atoms with Crippen LogP contribution in [0.3, 0.4) is 0 Å². The van der Waals surface area contributed by atoms with Gasteiger partial charge in [-0.3, -0.25) is 9.59 Å². The van der Waals surface area contributed by atoms with Crippen molar-refractivity contribution in [3.8, 4) is 0 Å². The minimum absolute atomic E-state index is 0.181. The van der Waals surface area contributed by atoms with Crippen LogP contribution in [0.2, 0.25) is 0 Å². The summed E-state index contributed by atoms with van der Waals surface area (Å²) in [5.41, 5.74) is 0. The average molecular weight is 1020 g/mol. The summed E-state index contributed by atoms with van der Waals surface area (Å²) in [6.07, 6.45) is 69.5. The third kappa shape index (κ3) is 56.0. The Bertz CT molecular complexity index is 1470. The van der Waals surface area contributed by atoms with Gasteiger partial charge in [-0.1, -0.05) is 227 Å². The van der Waals surface area contributed by atoms with Crippen LogP contribution in [0.4, 0.5) is 0 Å². The molecule has 0 aliphatic rings. The van der Waals surface area contributed by atoms with E-state index >= 15 is 0 Å². The Morgan fingerprint density at radius 2 is 0.781 bits per heavy atom. The van der Waals surface area contributed by atoms with Gasteiger partial charge in [-0.15, -0.1) is 0 Å². The van der Waals surface area contributed by atoms with E-state index in [1.807, 2.05) is 21.1 Å². The number of aliphatic carboxylic acids is 1. The number of hydrogen-bond donors (Lipinski definition) is 1. The topological polar surface area (TPSA) is 108 Å². The molecule has 0 fully saturated rings. The highest BCUT2D eigenvalue weighted by Crippen LogP contribution is 2.16. The van der Waals surface area contributed by atoms with Crippen molar-refractivity contribution < 1.29 is 42.9 Å². The zero-order valence-electron chi connectivity index (χ0n) is 47.8. The zero-order valence-corrected chi connectivity index (χ0v) is 47.8. The number of carboxylic acid groups (broad SMARTS) is 1. The second-order valence-electron chi connectivity index (χ2n) is 20.9. The number of carbonyl (C=O) groups is 3. The fourth-order valence-corrected chi connectivity index (χ4v) is 8.07. The summed E-state index contributed by atoms with van der Waals surface area (Å²) in [4.78, 5) is 37.4. The largest absolute Gasteiger partial charge is 0.477 e. The van der Waals surface area contributed by atoms with E-state index in [4.69, 9.17) is 18.9 Å². The summed E-state index contributed by atoms with van der Waals surface area (Å²) in [6.45, 7) is 4.74. The van der Waals surface area contributed by atoms with Crippen LogP contribution in [0.1, 0.15) is 245 Å². The van der Waals surface area contributed by atoms with Gasteiger partial charge < -0.3 is 28.5 Å². The number of nitrogens with zero attached hydrogens (tertiary/aromatic N) is 1. The van der Waals surface area contributed by atoms with Gasteiger partial charge in [-0.2, -0.15) is 0 Å². The van der Waals surface area contributed by atoms with Gasteiger partial charge in [0.1, 0.15) is 13.2 Å². The van der Waals surface area contributed by atoms with E-state index in [0.29, 0.717) is 23.9 Å². The van der Waals surface area contributed by atoms with Crippen LogP contribution in [0, 0.1) is 0 Å². The SMILES string of the molecule is CC/C=C\C/C=C\C/C=C\C/C=C\CCCCCCCCC(=O)OC(COC(=O)CCCCCCCCCCCCCCCC/C=C\C/C=C\C/C=C\CCCCCCC)COC(OCC[N+](C)(C)C)C(=O)O. The number of allylic oxidation sites excluding steroid dienone is 14. The third-order valence-corrected chi connectivity index (χ3v) is 12.6. The summed E-state index contributed by atoms with van der Waals surface area (Å²) in [5.74, 6) is -2.03. The Morgan fingerprint density at radius 3 is 1.16 bits per heavy atom. The molecule has 0 aromatic carbocycles. The quantitative estimate of drug-likeness (QED) is 0.0211. The second-order valence-corrected chi connectivity index (χ2v) is 20.9. The number of carboxylic acids is 1. The standard InChI is InChI=1S/C64H111NO8/c1-6-8-10-12-14-16-18-20-22-24-26-27-28-29-30-31-32-33-34-35-37-38-40-42-44-46-48-50-52-54-61(66)71-58-60(59-72-64(63(68)69)70-57-56-65(3,4)5)73-62(67)55-53-51-49-47-45-43-41-39-36-25-23-21-19-17-15-13-11-9-7-2/h9,11,15,17-18,20-21,23-24,26,28-29,36,39,60,64H,6-8,10,12-14,16,19,22,25,27,30-35,37-38,40-59H2,1-5H3/p+1/b11-9-,17-15-,20-18-,23-21-,26-24-,29-28-,39-36-. The molecule has 0 aliphatic heterocycles. The molecule has 9 heteroatoms. The number of unbranched alkanes of at least 4 members (excludes halogenated alkanes) is 25. The maximum absolute atomic E-state index is 12.9. The van der Waals surface area contributed by atoms with Crippen molar-refractivity contribution in [2.75, 3.05) is 47.5 Å². The maximum Gasteiger partial charge on any atom is 0.361 e. The van der Waals surface area contributed by atoms with Gasteiger partial charge in [0.15, 0.2) is 6.10 Å². The van der Waals surface area contributed by atoms with Gasteiger partial charge in [-0.05, 0) is 89.9 Å². The third-order valence-electron chi connectivity index (χ3n) is 12.6. The van der Waals surface area contributed by atoms with Crippen LogP contribution in [0.25, 0.3) is 0 Å². The van der Waals surface area contributed by atoms with Gasteiger partial charge >= 0.3 is 17.9 Å². The highest BCUT2D eigenvalue weighted by molar-refractivity contribution is 5.71. The summed E-state index contributed by atoms with van der Waals surface area (Å²) >= 11 is 0. The molecule has 1 N–H and O–H groups in total. The lowest BCUT2D eigenvalue weighted by molar-refractivity contribution is -0.870. The van der Waals surface area contributed by atoms with Gasteiger partial charge in [0, 0.05) is 12.8 Å². The molecule has 2 unspecified atom stereocenters. The fraction of sp³-hybridized carbons (Fsp3) is 0.734. The Balaban J connectivity index is 4.21. The van der Waals surface area contributed by atoms with Gasteiger partial charge in [0.2, 0.25) is 0 Å². The first-order valence-electron chi connectivity index (χ1n) is 29.8. The number of carbonyl (C=O) groups excluding carboxylic acids is 2. The minimum Gasteiger partial charge on any atom is -0.477 e. The molecule has 0 bridgehead atoms. The number of ether oxygens (including phenoxy) is 4. The molecule has 0 aromatic rings. The number of esters is 2. The molecule has 2 atom stereocenters. The normalized spacial score (nSPS) is 13.4. The van der Waals surface area contributed by atoms with Crippen molar-refractivity contribution >= 4 is 17.9 Å². The van der Waals surface area contributed by atoms with E-state index in [1.54, 1.807) is 0 Å². The van der Waals surface area contributed by atoms with Crippen molar-refractivity contribution in [2.24, 2.45) is 0 Å². The molecule has 73 heavy (non-hydrogen) atoms. The Hall–Kier alpha value is -3.53. The predicted octanol–water partition coefficient (Wildman–Crippen LogP) is 17.6. The summed E-state index contributed by atoms with van der Waals surface area (Å²) < 4.78 is 22.9. The number of hydrogen-bond acceptors (Lipinski definition) is 7. The first-order chi connectivity index (χ1) is 35.6. The van der Waals surface area contributed by atoms with Gasteiger partial charge in [0.25, 0.3) is 6.29 Å². The average Bonchev–Trinajstić information content (AvgIpc) is 3.36. The molecule has 0 amide bonds. The Kier molecular flexibility index (Phi) is 52.1. The highest BCUT2D eigenvalue weighted by atomic mass is 16.7. The molecule has 0 radical (unpaired) electrons. The smallest absolute Gasteiger partial charge is 0.361 e. The van der Waals surface area contributed by atoms with Crippen LogP contribution in [-0.2, 0) is 33.3 Å². The van der Waals surface area contributed by atoms with E-state index in [2.05, 4.69) is 98.9 Å². The Labute approximate surface area is 449 Å². The monoisotopic (exact) mass is 1020 g/mol. The Morgan fingerprint density at radius 1 is 0.425 bits per heavy atom. The van der Waals surface area contributed by atoms with Crippen molar-refractivity contribution in [1.82, 2.24) is 0 Å². The van der Waals surface area contributed by atoms with Crippen LogP contribution in [0.15, 0.2) is 85.1 Å². The first kappa shape index (κ1) is 69.5. The molecule has 0 heterocycles. The van der Waals surface area contributed by atoms with Gasteiger partial charge in [-0.25, -0.2) is 4.79 Å². The van der Waals surface area contributed by atoms with E-state index in [0.717, 1.165) is 96.3 Å². The fourth-order valence-electron chi connectivity index (χ4n) is 8.07. The van der Waals surface area contributed by atoms with Crippen LogP contribution >= 0.6 is 0 Å². The van der Waals surface area contributed by atoms with Crippen molar-refractivity contribution in [1.29, 1.82) is 0 Å². The highest BCUT2D eigenvalue weighted by Gasteiger charge is 2.25. The molecule has 9 nitrogen and oxygen atoms in total. The lowest BCUT2D eigenvalue weighted by Crippen LogP contribution is -2.40. The number of likely N-dealkylation sites (N-methyl/N-ethyl adjacent to an activating group) is 1.